The van der Waals surface area contributed by atoms with Gasteiger partial charge in [0.25, 0.3) is 6.43 Å². The highest BCUT2D eigenvalue weighted by Gasteiger charge is 2.40. The molecule has 1 saturated heterocycles. The normalized spacial score (nSPS) is 22.8. The molecule has 0 saturated carbocycles. The highest BCUT2D eigenvalue weighted by Crippen LogP contribution is 2.40. The molecule has 1 fully saturated rings. The Morgan fingerprint density at radius 2 is 1.92 bits per heavy atom. The maximum Gasteiger partial charge on any atom is 0.418 e. The van der Waals surface area contributed by atoms with Crippen molar-refractivity contribution in [2.45, 2.75) is 76.0 Å². The highest BCUT2D eigenvalue weighted by atomic mass is 19.4. The van der Waals surface area contributed by atoms with Crippen molar-refractivity contribution >= 4 is 10.9 Å². The van der Waals surface area contributed by atoms with Crippen LogP contribution in [0.5, 0.6) is 5.75 Å². The summed E-state index contributed by atoms with van der Waals surface area (Å²) in [4.78, 5) is 3.71. The largest absolute Gasteiger partial charge is 0.492 e. The zero-order valence-corrected chi connectivity index (χ0v) is 20.9. The first kappa shape index (κ1) is 28.1. The minimum absolute atomic E-state index is 0.0687. The number of piperidine rings is 1. The third-order valence-electron chi connectivity index (χ3n) is 6.36. The Hall–Kier alpha value is -2.90. The van der Waals surface area contributed by atoms with Gasteiger partial charge in [-0.1, -0.05) is 6.07 Å². The molecule has 13 heteroatoms. The van der Waals surface area contributed by atoms with Gasteiger partial charge in [0.1, 0.15) is 18.1 Å². The summed E-state index contributed by atoms with van der Waals surface area (Å²) in [7, 11) is 0. The van der Waals surface area contributed by atoms with Crippen LogP contribution in [0.1, 0.15) is 56.9 Å². The van der Waals surface area contributed by atoms with E-state index in [1.165, 1.54) is 26.1 Å². The summed E-state index contributed by atoms with van der Waals surface area (Å²) in [5.74, 6) is -1.39. The molecule has 4 rings (SSSR count). The number of ether oxygens (including phenoxy) is 1. The quantitative estimate of drug-likeness (QED) is 0.372. The van der Waals surface area contributed by atoms with E-state index in [1.807, 2.05) is 0 Å². The Bertz CT molecular complexity index is 1290. The SMILES string of the molecule is CC1CC(O)(c2ccc(C(F)F)nc2)CC(COc2cc(C(F)(F)F)c3c(c2)c(F)nn3CC(C)(C)O)N1. The van der Waals surface area contributed by atoms with Crippen LogP contribution in [0.15, 0.2) is 30.5 Å². The number of nitrogens with zero attached hydrogens (tertiary/aromatic N) is 3. The van der Waals surface area contributed by atoms with Crippen LogP contribution in [-0.4, -0.2) is 49.3 Å². The van der Waals surface area contributed by atoms with Gasteiger partial charge in [-0.15, -0.1) is 5.10 Å². The first-order valence-corrected chi connectivity index (χ1v) is 11.9. The molecule has 3 aromatic rings. The van der Waals surface area contributed by atoms with Gasteiger partial charge >= 0.3 is 6.18 Å². The van der Waals surface area contributed by atoms with Crippen LogP contribution in [0.25, 0.3) is 10.9 Å². The first-order valence-electron chi connectivity index (χ1n) is 11.9. The molecule has 1 aromatic carbocycles. The summed E-state index contributed by atoms with van der Waals surface area (Å²) in [5.41, 5.74) is -4.65. The fraction of sp³-hybridized carbons (Fsp3) is 0.520. The predicted molar refractivity (Wildman–Crippen MR) is 125 cm³/mol. The third kappa shape index (κ3) is 6.05. The van der Waals surface area contributed by atoms with Crippen molar-refractivity contribution in [2.24, 2.45) is 0 Å². The minimum Gasteiger partial charge on any atom is -0.492 e. The number of hydrogen-bond acceptors (Lipinski definition) is 6. The van der Waals surface area contributed by atoms with Gasteiger partial charge in [-0.25, -0.2) is 8.78 Å². The first-order chi connectivity index (χ1) is 17.6. The second-order valence-electron chi connectivity index (χ2n) is 10.4. The molecule has 3 heterocycles. The molecular weight excluding hydrogens is 518 g/mol. The smallest absolute Gasteiger partial charge is 0.418 e. The minimum atomic E-state index is -4.86. The molecular formula is C25H28F6N4O3. The van der Waals surface area contributed by atoms with E-state index in [2.05, 4.69) is 15.4 Å². The maximum absolute atomic E-state index is 14.6. The number of rotatable bonds is 7. The number of aliphatic hydroxyl groups is 2. The Morgan fingerprint density at radius 1 is 1.21 bits per heavy atom. The monoisotopic (exact) mass is 546 g/mol. The summed E-state index contributed by atoms with van der Waals surface area (Å²) in [6, 6.07) is 3.59. The van der Waals surface area contributed by atoms with E-state index in [9.17, 15) is 36.6 Å². The van der Waals surface area contributed by atoms with Crippen LogP contribution < -0.4 is 10.1 Å². The molecule has 3 unspecified atom stereocenters. The standard InChI is InChI=1S/C25H28F6N4O3/c1-13-8-24(37,14-4-5-19(21(26)27)32-10-14)9-15(33-13)11-38-16-6-17-20(18(7-16)25(29,30)31)35(34-22(17)28)12-23(2,3)36/h4-7,10,13,15,21,33,36-37H,8-9,11-12H2,1-3H3. The van der Waals surface area contributed by atoms with Crippen LogP contribution >= 0.6 is 0 Å². The average Bonchev–Trinajstić information content (AvgIpc) is 3.09. The average molecular weight is 547 g/mol. The van der Waals surface area contributed by atoms with E-state index >= 15 is 0 Å². The molecule has 0 spiro atoms. The van der Waals surface area contributed by atoms with Gasteiger partial charge in [0.15, 0.2) is 0 Å². The Morgan fingerprint density at radius 3 is 2.50 bits per heavy atom. The van der Waals surface area contributed by atoms with Gasteiger partial charge in [-0.3, -0.25) is 9.67 Å². The van der Waals surface area contributed by atoms with Crippen LogP contribution in [0.3, 0.4) is 0 Å². The Balaban J connectivity index is 1.59. The Kier molecular flexibility index (Phi) is 7.40. The van der Waals surface area contributed by atoms with Crippen LogP contribution in [0, 0.1) is 5.95 Å². The van der Waals surface area contributed by atoms with Gasteiger partial charge in [0.2, 0.25) is 5.95 Å². The number of halogens is 6. The van der Waals surface area contributed by atoms with E-state index < -0.39 is 58.0 Å². The van der Waals surface area contributed by atoms with Gasteiger partial charge < -0.3 is 20.3 Å². The number of nitrogens with one attached hydrogen (secondary N) is 1. The summed E-state index contributed by atoms with van der Waals surface area (Å²) in [5, 5.41) is 27.7. The molecule has 0 aliphatic carbocycles. The van der Waals surface area contributed by atoms with Crippen molar-refractivity contribution in [2.75, 3.05) is 6.61 Å². The fourth-order valence-corrected chi connectivity index (χ4v) is 4.90. The number of benzene rings is 1. The van der Waals surface area contributed by atoms with Crippen molar-refractivity contribution in [3.05, 3.63) is 53.2 Å². The maximum atomic E-state index is 14.6. The van der Waals surface area contributed by atoms with Crippen LogP contribution in [0.4, 0.5) is 26.3 Å². The van der Waals surface area contributed by atoms with Gasteiger partial charge in [0.05, 0.1) is 34.2 Å². The van der Waals surface area contributed by atoms with Gasteiger partial charge in [0, 0.05) is 23.8 Å². The van der Waals surface area contributed by atoms with E-state index in [4.69, 9.17) is 4.74 Å². The van der Waals surface area contributed by atoms with Crippen molar-refractivity contribution < 1.29 is 41.3 Å². The molecule has 2 aromatic heterocycles. The lowest BCUT2D eigenvalue weighted by Crippen LogP contribution is -2.53. The van der Waals surface area contributed by atoms with E-state index in [-0.39, 0.29) is 37.8 Å². The number of alkyl halides is 5. The molecule has 0 bridgehead atoms. The predicted octanol–water partition coefficient (Wildman–Crippen LogP) is 4.70. The lowest BCUT2D eigenvalue weighted by atomic mass is 9.79. The van der Waals surface area contributed by atoms with E-state index in [1.54, 1.807) is 6.92 Å². The number of aromatic nitrogens is 3. The van der Waals surface area contributed by atoms with Crippen molar-refractivity contribution in [1.29, 1.82) is 0 Å². The molecule has 208 valence electrons. The summed E-state index contributed by atoms with van der Waals surface area (Å²) in [6.45, 7) is 3.99. The molecule has 1 aliphatic rings. The van der Waals surface area contributed by atoms with Crippen molar-refractivity contribution in [3.63, 3.8) is 0 Å². The van der Waals surface area contributed by atoms with Gasteiger partial charge in [-0.2, -0.15) is 17.6 Å². The number of hydrogen-bond donors (Lipinski definition) is 3. The molecule has 7 nitrogen and oxygen atoms in total. The molecule has 1 aliphatic heterocycles. The van der Waals surface area contributed by atoms with Crippen molar-refractivity contribution in [1.82, 2.24) is 20.1 Å². The zero-order valence-electron chi connectivity index (χ0n) is 20.9. The zero-order chi connectivity index (χ0) is 28.0. The lowest BCUT2D eigenvalue weighted by Gasteiger charge is -2.41. The highest BCUT2D eigenvalue weighted by molar-refractivity contribution is 5.85. The molecule has 38 heavy (non-hydrogen) atoms. The Labute approximate surface area is 214 Å². The van der Waals surface area contributed by atoms with Crippen LogP contribution in [-0.2, 0) is 18.3 Å². The molecule has 0 radical (unpaired) electrons. The summed E-state index contributed by atoms with van der Waals surface area (Å²) in [6.07, 6.45) is -6.11. The summed E-state index contributed by atoms with van der Waals surface area (Å²) >= 11 is 0. The van der Waals surface area contributed by atoms with E-state index in [0.29, 0.717) is 5.56 Å². The van der Waals surface area contributed by atoms with E-state index in [0.717, 1.165) is 22.9 Å². The lowest BCUT2D eigenvalue weighted by molar-refractivity contribution is -0.136. The molecule has 3 atom stereocenters. The second kappa shape index (κ2) is 10.0. The fourth-order valence-electron chi connectivity index (χ4n) is 4.90. The summed E-state index contributed by atoms with van der Waals surface area (Å²) < 4.78 is 88.6. The second-order valence-corrected chi connectivity index (χ2v) is 10.4. The van der Waals surface area contributed by atoms with Gasteiger partial charge in [-0.05, 0) is 51.8 Å². The molecule has 3 N–H and O–H groups in total. The molecule has 0 amide bonds. The number of fused-ring (bicyclic) bond motifs is 1. The van der Waals surface area contributed by atoms with Crippen molar-refractivity contribution in [3.8, 4) is 5.75 Å². The topological polar surface area (TPSA) is 92.4 Å². The van der Waals surface area contributed by atoms with Crippen LogP contribution in [0.2, 0.25) is 0 Å². The number of pyridine rings is 1. The third-order valence-corrected chi connectivity index (χ3v) is 6.36.